The first-order valence-corrected chi connectivity index (χ1v) is 6.74. The van der Waals surface area contributed by atoms with Gasteiger partial charge in [-0.2, -0.15) is 0 Å². The summed E-state index contributed by atoms with van der Waals surface area (Å²) in [4.78, 5) is 19.2. The lowest BCUT2D eigenvalue weighted by Gasteiger charge is -2.04. The summed E-state index contributed by atoms with van der Waals surface area (Å²) >= 11 is 10.4. The van der Waals surface area contributed by atoms with Crippen LogP contribution < -0.4 is 0 Å². The molecule has 18 heavy (non-hydrogen) atoms. The van der Waals surface area contributed by atoms with E-state index in [1.54, 1.807) is 12.3 Å². The lowest BCUT2D eigenvalue weighted by Crippen LogP contribution is -1.98. The van der Waals surface area contributed by atoms with Gasteiger partial charge in [0.1, 0.15) is 10.1 Å². The Kier molecular flexibility index (Phi) is 4.21. The molecule has 2 aromatic heterocycles. The molecular formula is C11H6BrClN2O2S. The highest BCUT2D eigenvalue weighted by Gasteiger charge is 2.12. The zero-order chi connectivity index (χ0) is 13.1. The van der Waals surface area contributed by atoms with Gasteiger partial charge in [-0.3, -0.25) is 0 Å². The molecule has 0 bridgehead atoms. The van der Waals surface area contributed by atoms with Crippen LogP contribution in [0.1, 0.15) is 10.4 Å². The summed E-state index contributed by atoms with van der Waals surface area (Å²) in [5.74, 6) is -1.08. The number of pyridine rings is 2. The van der Waals surface area contributed by atoms with Crippen LogP contribution in [0.25, 0.3) is 0 Å². The zero-order valence-corrected chi connectivity index (χ0v) is 12.0. The van der Waals surface area contributed by atoms with Gasteiger partial charge in [-0.15, -0.1) is 0 Å². The summed E-state index contributed by atoms with van der Waals surface area (Å²) in [5, 5.41) is 10.3. The smallest absolute Gasteiger partial charge is 0.337 e. The maximum atomic E-state index is 10.9. The van der Waals surface area contributed by atoms with Crippen molar-refractivity contribution in [3.63, 3.8) is 0 Å². The fraction of sp³-hybridized carbons (Fsp3) is 0. The van der Waals surface area contributed by atoms with Gasteiger partial charge in [0, 0.05) is 12.4 Å². The van der Waals surface area contributed by atoms with Crippen LogP contribution >= 0.6 is 39.3 Å². The topological polar surface area (TPSA) is 63.1 Å². The van der Waals surface area contributed by atoms with E-state index in [0.717, 1.165) is 4.47 Å². The van der Waals surface area contributed by atoms with Crippen molar-refractivity contribution in [2.24, 2.45) is 0 Å². The van der Waals surface area contributed by atoms with Crippen LogP contribution in [0, 0.1) is 0 Å². The van der Waals surface area contributed by atoms with Crippen LogP contribution in [0.3, 0.4) is 0 Å². The summed E-state index contributed by atoms with van der Waals surface area (Å²) in [5.41, 5.74) is 0.0289. The molecule has 4 nitrogen and oxygen atoms in total. The largest absolute Gasteiger partial charge is 0.478 e. The van der Waals surface area contributed by atoms with Crippen LogP contribution in [-0.2, 0) is 0 Å². The van der Waals surface area contributed by atoms with Gasteiger partial charge in [0.25, 0.3) is 0 Å². The van der Waals surface area contributed by atoms with Crippen LogP contribution in [0.15, 0.2) is 45.1 Å². The van der Waals surface area contributed by atoms with E-state index < -0.39 is 5.97 Å². The van der Waals surface area contributed by atoms with Crippen LogP contribution in [0.4, 0.5) is 0 Å². The van der Waals surface area contributed by atoms with Crippen molar-refractivity contribution >= 4 is 45.3 Å². The third-order valence-electron chi connectivity index (χ3n) is 1.99. The van der Waals surface area contributed by atoms with Crippen molar-refractivity contribution in [2.75, 3.05) is 0 Å². The first-order chi connectivity index (χ1) is 8.58. The van der Waals surface area contributed by atoms with Gasteiger partial charge < -0.3 is 5.11 Å². The molecule has 0 aromatic carbocycles. The number of carbonyl (C=O) groups is 1. The Hall–Kier alpha value is -1.11. The number of aromatic nitrogens is 2. The molecule has 0 atom stereocenters. The standard InChI is InChI=1S/C11H6BrClN2O2S/c12-7-2-1-3-14-10(7)18-9-4-6(11(16)17)8(13)5-15-9/h1-5H,(H,16,17). The quantitative estimate of drug-likeness (QED) is 0.918. The molecule has 0 aliphatic rings. The molecule has 0 saturated heterocycles. The molecule has 0 aliphatic carbocycles. The fourth-order valence-electron chi connectivity index (χ4n) is 1.18. The Labute approximate surface area is 121 Å². The van der Waals surface area contributed by atoms with Gasteiger partial charge in [0.15, 0.2) is 0 Å². The van der Waals surface area contributed by atoms with E-state index in [-0.39, 0.29) is 10.6 Å². The predicted molar refractivity (Wildman–Crippen MR) is 72.3 cm³/mol. The molecular weight excluding hydrogens is 340 g/mol. The van der Waals surface area contributed by atoms with Gasteiger partial charge >= 0.3 is 5.97 Å². The second-order valence-corrected chi connectivity index (χ2v) is 5.47. The number of halogens is 2. The summed E-state index contributed by atoms with van der Waals surface area (Å²) in [6.45, 7) is 0. The molecule has 0 amide bonds. The van der Waals surface area contributed by atoms with E-state index in [4.69, 9.17) is 16.7 Å². The van der Waals surface area contributed by atoms with E-state index >= 15 is 0 Å². The Balaban J connectivity index is 2.33. The molecule has 0 aliphatic heterocycles. The van der Waals surface area contributed by atoms with Crippen molar-refractivity contribution in [3.05, 3.63) is 45.7 Å². The second kappa shape index (κ2) is 5.69. The number of hydrogen-bond donors (Lipinski definition) is 1. The van der Waals surface area contributed by atoms with E-state index in [9.17, 15) is 4.79 Å². The number of rotatable bonds is 3. The molecule has 1 N–H and O–H groups in total. The SMILES string of the molecule is O=C(O)c1cc(Sc2ncccc2Br)ncc1Cl. The summed E-state index contributed by atoms with van der Waals surface area (Å²) in [6, 6.07) is 5.08. The zero-order valence-electron chi connectivity index (χ0n) is 8.80. The summed E-state index contributed by atoms with van der Waals surface area (Å²) in [6.07, 6.45) is 2.98. The number of carboxylic acids is 1. The highest BCUT2D eigenvalue weighted by molar-refractivity contribution is 9.10. The minimum Gasteiger partial charge on any atom is -0.478 e. The molecule has 0 saturated carbocycles. The maximum absolute atomic E-state index is 10.9. The number of aromatic carboxylic acids is 1. The van der Waals surface area contributed by atoms with Crippen molar-refractivity contribution in [2.45, 2.75) is 10.1 Å². The third-order valence-corrected chi connectivity index (χ3v) is 4.14. The highest BCUT2D eigenvalue weighted by Crippen LogP contribution is 2.31. The van der Waals surface area contributed by atoms with Gasteiger partial charge in [0.2, 0.25) is 0 Å². The predicted octanol–water partition coefficient (Wildman–Crippen LogP) is 3.74. The Morgan fingerprint density at radius 2 is 2.22 bits per heavy atom. The fourth-order valence-corrected chi connectivity index (χ4v) is 2.63. The van der Waals surface area contributed by atoms with E-state index in [2.05, 4.69) is 25.9 Å². The molecule has 0 unspecified atom stereocenters. The molecule has 0 radical (unpaired) electrons. The molecule has 0 spiro atoms. The van der Waals surface area contributed by atoms with Crippen LogP contribution in [0.5, 0.6) is 0 Å². The van der Waals surface area contributed by atoms with Gasteiger partial charge in [-0.25, -0.2) is 14.8 Å². The molecule has 2 heterocycles. The Morgan fingerprint density at radius 1 is 1.44 bits per heavy atom. The van der Waals surface area contributed by atoms with Gasteiger partial charge in [0.05, 0.1) is 15.1 Å². The van der Waals surface area contributed by atoms with E-state index in [1.807, 2.05) is 6.07 Å². The molecule has 2 aromatic rings. The number of nitrogens with zero attached hydrogens (tertiary/aromatic N) is 2. The third kappa shape index (κ3) is 3.01. The normalized spacial score (nSPS) is 10.3. The van der Waals surface area contributed by atoms with Gasteiger partial charge in [-0.05, 0) is 45.9 Å². The van der Waals surface area contributed by atoms with E-state index in [0.29, 0.717) is 10.1 Å². The summed E-state index contributed by atoms with van der Waals surface area (Å²) < 4.78 is 0.823. The van der Waals surface area contributed by atoms with Crippen molar-refractivity contribution in [1.29, 1.82) is 0 Å². The number of carboxylic acid groups (broad SMARTS) is 1. The molecule has 0 fully saturated rings. The van der Waals surface area contributed by atoms with Gasteiger partial charge in [-0.1, -0.05) is 11.6 Å². The van der Waals surface area contributed by atoms with Crippen molar-refractivity contribution in [3.8, 4) is 0 Å². The Bertz CT molecular complexity index is 609. The summed E-state index contributed by atoms with van der Waals surface area (Å²) in [7, 11) is 0. The van der Waals surface area contributed by atoms with Crippen LogP contribution in [-0.4, -0.2) is 21.0 Å². The monoisotopic (exact) mass is 344 g/mol. The second-order valence-electron chi connectivity index (χ2n) is 3.20. The average Bonchev–Trinajstić information content (AvgIpc) is 2.34. The highest BCUT2D eigenvalue weighted by atomic mass is 79.9. The minimum atomic E-state index is -1.08. The Morgan fingerprint density at radius 3 is 2.89 bits per heavy atom. The maximum Gasteiger partial charge on any atom is 0.337 e. The lowest BCUT2D eigenvalue weighted by molar-refractivity contribution is 0.0696. The minimum absolute atomic E-state index is 0.0289. The van der Waals surface area contributed by atoms with Crippen LogP contribution in [0.2, 0.25) is 5.02 Å². The first-order valence-electron chi connectivity index (χ1n) is 4.75. The molecule has 7 heteroatoms. The van der Waals surface area contributed by atoms with Crippen molar-refractivity contribution < 1.29 is 9.90 Å². The molecule has 92 valence electrons. The lowest BCUT2D eigenvalue weighted by atomic mass is 10.3. The van der Waals surface area contributed by atoms with Crippen molar-refractivity contribution in [1.82, 2.24) is 9.97 Å². The number of hydrogen-bond acceptors (Lipinski definition) is 4. The van der Waals surface area contributed by atoms with E-state index in [1.165, 1.54) is 24.0 Å². The first kappa shape index (κ1) is 13.3. The molecule has 2 rings (SSSR count). The average molecular weight is 346 g/mol.